The zero-order valence-electron chi connectivity index (χ0n) is 18.3. The van der Waals surface area contributed by atoms with E-state index in [0.717, 1.165) is 29.9 Å². The third-order valence-electron chi connectivity index (χ3n) is 6.38. The number of rotatable bonds is 4. The van der Waals surface area contributed by atoms with Gasteiger partial charge in [0.1, 0.15) is 5.82 Å². The number of aromatic amines is 1. The van der Waals surface area contributed by atoms with Crippen LogP contribution in [0.1, 0.15) is 33.6 Å². The van der Waals surface area contributed by atoms with Crippen molar-refractivity contribution in [2.75, 3.05) is 42.9 Å². The molecule has 170 valence electrons. The van der Waals surface area contributed by atoms with E-state index in [1.807, 2.05) is 18.2 Å². The molecule has 0 bridgehead atoms. The van der Waals surface area contributed by atoms with Gasteiger partial charge in [0.2, 0.25) is 0 Å². The predicted molar refractivity (Wildman–Crippen MR) is 125 cm³/mol. The quantitative estimate of drug-likeness (QED) is 0.643. The second-order valence-corrected chi connectivity index (χ2v) is 8.49. The lowest BCUT2D eigenvalue weighted by Crippen LogP contribution is -2.49. The van der Waals surface area contributed by atoms with Crippen LogP contribution >= 0.6 is 0 Å². The van der Waals surface area contributed by atoms with Crippen molar-refractivity contribution in [1.82, 2.24) is 15.1 Å². The molecule has 0 radical (unpaired) electrons. The van der Waals surface area contributed by atoms with Gasteiger partial charge in [-0.05, 0) is 42.7 Å². The highest BCUT2D eigenvalue weighted by atomic mass is 19.1. The average molecular weight is 448 g/mol. The summed E-state index contributed by atoms with van der Waals surface area (Å²) in [5.74, 6) is -0.819. The zero-order chi connectivity index (χ0) is 22.8. The van der Waals surface area contributed by atoms with Crippen molar-refractivity contribution in [1.29, 1.82) is 0 Å². The van der Waals surface area contributed by atoms with Crippen LogP contribution in [0.25, 0.3) is 0 Å². The van der Waals surface area contributed by atoms with Gasteiger partial charge in [-0.3, -0.25) is 9.59 Å². The van der Waals surface area contributed by atoms with Crippen molar-refractivity contribution in [2.45, 2.75) is 19.3 Å². The maximum absolute atomic E-state index is 14.6. The largest absolute Gasteiger partial charge is 0.383 e. The Kier molecular flexibility index (Phi) is 5.81. The van der Waals surface area contributed by atoms with Crippen molar-refractivity contribution in [3.63, 3.8) is 0 Å². The molecule has 3 aromatic rings. The number of piperazine rings is 1. The van der Waals surface area contributed by atoms with Crippen LogP contribution in [0.2, 0.25) is 0 Å². The van der Waals surface area contributed by atoms with Gasteiger partial charge in [0.15, 0.2) is 0 Å². The Hall–Kier alpha value is -3.68. The first-order valence-corrected chi connectivity index (χ1v) is 11.3. The van der Waals surface area contributed by atoms with Crippen molar-refractivity contribution in [2.24, 2.45) is 0 Å². The number of aromatic nitrogens is 2. The van der Waals surface area contributed by atoms with Crippen LogP contribution < -0.4 is 15.8 Å². The number of nitrogens with zero attached hydrogens (tertiary/aromatic N) is 3. The molecule has 0 spiro atoms. The van der Waals surface area contributed by atoms with Crippen molar-refractivity contribution >= 4 is 17.3 Å². The van der Waals surface area contributed by atoms with Gasteiger partial charge >= 0.3 is 0 Å². The Balaban J connectivity index is 1.32. The summed E-state index contributed by atoms with van der Waals surface area (Å²) in [6.07, 6.45) is 2.00. The van der Waals surface area contributed by atoms with Gasteiger partial charge < -0.3 is 15.1 Å². The highest BCUT2D eigenvalue weighted by Gasteiger charge is 2.25. The van der Waals surface area contributed by atoms with Crippen LogP contribution in [0.5, 0.6) is 0 Å². The third-order valence-corrected chi connectivity index (χ3v) is 6.38. The number of para-hydroxylation sites is 1. The Morgan fingerprint density at radius 2 is 1.85 bits per heavy atom. The summed E-state index contributed by atoms with van der Waals surface area (Å²) in [6.45, 7) is 3.27. The number of carbonyl (C=O) groups is 1. The monoisotopic (exact) mass is 447 g/mol. The fourth-order valence-corrected chi connectivity index (χ4v) is 4.60. The van der Waals surface area contributed by atoms with Crippen molar-refractivity contribution in [3.8, 4) is 0 Å². The molecule has 7 nitrogen and oxygen atoms in total. The average Bonchev–Trinajstić information content (AvgIpc) is 2.87. The second kappa shape index (κ2) is 9.05. The number of amides is 1. The molecule has 1 saturated heterocycles. The molecule has 2 aromatic carbocycles. The predicted octanol–water partition coefficient (Wildman–Crippen LogP) is 2.82. The van der Waals surface area contributed by atoms with E-state index in [2.05, 4.69) is 32.5 Å². The molecular formula is C25H26FN5O2. The molecule has 1 fully saturated rings. The van der Waals surface area contributed by atoms with E-state index in [0.29, 0.717) is 50.3 Å². The van der Waals surface area contributed by atoms with E-state index >= 15 is 0 Å². The number of halogens is 1. The molecule has 2 N–H and O–H groups in total. The lowest BCUT2D eigenvalue weighted by molar-refractivity contribution is 0.0742. The molecule has 2 aliphatic rings. The smallest absolute Gasteiger partial charge is 0.269 e. The topological polar surface area (TPSA) is 81.3 Å². The van der Waals surface area contributed by atoms with Crippen molar-refractivity contribution < 1.29 is 9.18 Å². The minimum Gasteiger partial charge on any atom is -0.383 e. The van der Waals surface area contributed by atoms with Gasteiger partial charge in [-0.15, -0.1) is 0 Å². The molecule has 3 heterocycles. The number of nitrogens with one attached hydrogen (secondary N) is 2. The molecular weight excluding hydrogens is 421 g/mol. The normalized spacial score (nSPS) is 15.7. The SMILES string of the molecule is O=C(c1cc(Cc2n[nH]c(=O)c3c2NCCC3)ccc1F)N1CCN(c2ccccc2)CC1. The standard InChI is InChI=1S/C25H26FN5O2/c26-21-9-8-17(16-22-23-19(7-4-10-27-23)24(32)29-28-22)15-20(21)25(33)31-13-11-30(12-14-31)18-5-2-1-3-6-18/h1-3,5-6,8-9,15,27H,4,7,10-14,16H2,(H,29,32). The minimum absolute atomic E-state index is 0.0758. The molecule has 0 unspecified atom stereocenters. The highest BCUT2D eigenvalue weighted by Crippen LogP contribution is 2.25. The number of H-pyrrole nitrogens is 1. The molecule has 0 saturated carbocycles. The summed E-state index contributed by atoms with van der Waals surface area (Å²) in [4.78, 5) is 29.2. The Morgan fingerprint density at radius 3 is 2.64 bits per heavy atom. The molecule has 0 aliphatic carbocycles. The Morgan fingerprint density at radius 1 is 1.06 bits per heavy atom. The van der Waals surface area contributed by atoms with Crippen LogP contribution in [0, 0.1) is 5.82 Å². The minimum atomic E-state index is -0.524. The maximum atomic E-state index is 14.6. The highest BCUT2D eigenvalue weighted by molar-refractivity contribution is 5.95. The first kappa shape index (κ1) is 21.2. The van der Waals surface area contributed by atoms with Gasteiger partial charge in [0, 0.05) is 50.4 Å². The fraction of sp³-hybridized carbons (Fsp3) is 0.320. The zero-order valence-corrected chi connectivity index (χ0v) is 18.3. The van der Waals surface area contributed by atoms with Gasteiger partial charge in [-0.2, -0.15) is 5.10 Å². The summed E-state index contributed by atoms with van der Waals surface area (Å²) in [5.41, 5.74) is 3.98. The van der Waals surface area contributed by atoms with Crippen LogP contribution in [0.15, 0.2) is 53.3 Å². The van der Waals surface area contributed by atoms with Crippen LogP contribution in [-0.4, -0.2) is 53.7 Å². The van der Waals surface area contributed by atoms with Gasteiger partial charge in [0.25, 0.3) is 11.5 Å². The third kappa shape index (κ3) is 4.33. The number of fused-ring (bicyclic) bond motifs is 1. The lowest BCUT2D eigenvalue weighted by atomic mass is 9.99. The van der Waals surface area contributed by atoms with Crippen LogP contribution in [0.3, 0.4) is 0 Å². The number of hydrogen-bond donors (Lipinski definition) is 2. The number of carbonyl (C=O) groups excluding carboxylic acids is 1. The Labute approximate surface area is 191 Å². The van der Waals surface area contributed by atoms with E-state index in [-0.39, 0.29) is 17.0 Å². The fourth-order valence-electron chi connectivity index (χ4n) is 4.60. The molecule has 2 aliphatic heterocycles. The summed E-state index contributed by atoms with van der Waals surface area (Å²) >= 11 is 0. The lowest BCUT2D eigenvalue weighted by Gasteiger charge is -2.36. The number of hydrogen-bond acceptors (Lipinski definition) is 5. The first-order chi connectivity index (χ1) is 16.1. The van der Waals surface area contributed by atoms with Crippen LogP contribution in [-0.2, 0) is 12.8 Å². The van der Waals surface area contributed by atoms with Crippen molar-refractivity contribution in [3.05, 3.63) is 87.1 Å². The molecule has 0 atom stereocenters. The van der Waals surface area contributed by atoms with Crippen LogP contribution in [0.4, 0.5) is 15.8 Å². The molecule has 1 aromatic heterocycles. The maximum Gasteiger partial charge on any atom is 0.269 e. The summed E-state index contributed by atoms with van der Waals surface area (Å²) in [5, 5.41) is 10.1. The summed E-state index contributed by atoms with van der Waals surface area (Å²) < 4.78 is 14.6. The number of benzene rings is 2. The molecule has 5 rings (SSSR count). The van der Waals surface area contributed by atoms with Gasteiger partial charge in [0.05, 0.1) is 16.9 Å². The van der Waals surface area contributed by atoms with E-state index in [9.17, 15) is 14.0 Å². The van der Waals surface area contributed by atoms with E-state index in [1.54, 1.807) is 17.0 Å². The van der Waals surface area contributed by atoms with E-state index in [4.69, 9.17) is 0 Å². The van der Waals surface area contributed by atoms with Gasteiger partial charge in [-0.25, -0.2) is 9.49 Å². The van der Waals surface area contributed by atoms with E-state index < -0.39 is 5.82 Å². The van der Waals surface area contributed by atoms with Gasteiger partial charge in [-0.1, -0.05) is 24.3 Å². The molecule has 8 heteroatoms. The molecule has 33 heavy (non-hydrogen) atoms. The second-order valence-electron chi connectivity index (χ2n) is 8.49. The summed E-state index contributed by atoms with van der Waals surface area (Å²) in [7, 11) is 0. The summed E-state index contributed by atoms with van der Waals surface area (Å²) in [6, 6.07) is 14.7. The first-order valence-electron chi connectivity index (χ1n) is 11.3. The Bertz CT molecular complexity index is 1220. The number of anilines is 2. The molecule has 1 amide bonds. The van der Waals surface area contributed by atoms with E-state index in [1.165, 1.54) is 6.07 Å².